The molecule has 1 aromatic rings. The summed E-state index contributed by atoms with van der Waals surface area (Å²) in [4.78, 5) is 14.8. The van der Waals surface area contributed by atoms with Crippen molar-refractivity contribution in [3.63, 3.8) is 0 Å². The minimum atomic E-state index is 0.00454. The fraction of sp³-hybridized carbons (Fsp3) is 0.562. The van der Waals surface area contributed by atoms with Crippen molar-refractivity contribution in [1.29, 1.82) is 0 Å². The lowest BCUT2D eigenvalue weighted by Gasteiger charge is -2.30. The van der Waals surface area contributed by atoms with Crippen LogP contribution in [0.25, 0.3) is 0 Å². The molecular weight excluding hydrogens is 290 g/mol. The van der Waals surface area contributed by atoms with Gasteiger partial charge in [0.05, 0.1) is 5.56 Å². The van der Waals surface area contributed by atoms with Crippen molar-refractivity contribution in [3.05, 3.63) is 23.8 Å². The van der Waals surface area contributed by atoms with Crippen LogP contribution in [0.3, 0.4) is 0 Å². The molecule has 3 rings (SSSR count). The molecule has 0 spiro atoms. The van der Waals surface area contributed by atoms with Crippen LogP contribution in [0.5, 0.6) is 11.5 Å². The first kappa shape index (κ1) is 14.5. The molecule has 21 heavy (non-hydrogen) atoms. The minimum absolute atomic E-state index is 0.00454. The Hall–Kier alpha value is -1.42. The van der Waals surface area contributed by atoms with Gasteiger partial charge in [-0.05, 0) is 25.0 Å². The summed E-state index contributed by atoms with van der Waals surface area (Å²) in [6.45, 7) is 1.59. The van der Waals surface area contributed by atoms with Crippen molar-refractivity contribution >= 4 is 17.5 Å². The van der Waals surface area contributed by atoms with Crippen LogP contribution in [0.15, 0.2) is 18.2 Å². The second-order valence-corrected chi connectivity index (χ2v) is 5.83. The van der Waals surface area contributed by atoms with Crippen LogP contribution in [0.2, 0.25) is 0 Å². The van der Waals surface area contributed by atoms with Gasteiger partial charge in [0, 0.05) is 18.5 Å². The number of fused-ring (bicyclic) bond motifs is 1. The van der Waals surface area contributed by atoms with E-state index >= 15 is 0 Å². The second kappa shape index (κ2) is 6.56. The summed E-state index contributed by atoms with van der Waals surface area (Å²) in [5.74, 6) is 1.69. The lowest BCUT2D eigenvalue weighted by atomic mass is 10.1. The Morgan fingerprint density at radius 3 is 2.76 bits per heavy atom. The van der Waals surface area contributed by atoms with Crippen LogP contribution < -0.4 is 9.47 Å². The van der Waals surface area contributed by atoms with Gasteiger partial charge in [0.25, 0.3) is 5.91 Å². The van der Waals surface area contributed by atoms with E-state index in [4.69, 9.17) is 21.1 Å². The molecule has 2 aliphatic rings. The smallest absolute Gasteiger partial charge is 0.258 e. The predicted molar refractivity (Wildman–Crippen MR) is 81.4 cm³/mol. The molecule has 1 amide bonds. The van der Waals surface area contributed by atoms with E-state index in [0.717, 1.165) is 12.8 Å². The third-order valence-electron chi connectivity index (χ3n) is 4.15. The van der Waals surface area contributed by atoms with Crippen LogP contribution in [-0.2, 0) is 0 Å². The first-order valence-electron chi connectivity index (χ1n) is 7.57. The number of para-hydroxylation sites is 1. The molecule has 1 aliphatic heterocycles. The van der Waals surface area contributed by atoms with Crippen molar-refractivity contribution in [1.82, 2.24) is 4.90 Å². The van der Waals surface area contributed by atoms with Crippen molar-refractivity contribution in [2.75, 3.05) is 25.6 Å². The Bertz CT molecular complexity index is 514. The molecule has 0 bridgehead atoms. The van der Waals surface area contributed by atoms with Gasteiger partial charge in [0.2, 0.25) is 0 Å². The molecule has 0 N–H and O–H groups in total. The van der Waals surface area contributed by atoms with Crippen molar-refractivity contribution in [2.45, 2.75) is 31.7 Å². The molecule has 5 heteroatoms. The number of alkyl halides is 1. The zero-order valence-corrected chi connectivity index (χ0v) is 12.8. The van der Waals surface area contributed by atoms with E-state index in [0.29, 0.717) is 48.7 Å². The Morgan fingerprint density at radius 1 is 1.24 bits per heavy atom. The zero-order chi connectivity index (χ0) is 14.7. The van der Waals surface area contributed by atoms with Gasteiger partial charge in [0.15, 0.2) is 11.5 Å². The van der Waals surface area contributed by atoms with Gasteiger partial charge in [-0.15, -0.1) is 11.6 Å². The van der Waals surface area contributed by atoms with Gasteiger partial charge in [0.1, 0.15) is 13.2 Å². The molecule has 0 unspecified atom stereocenters. The van der Waals surface area contributed by atoms with Crippen LogP contribution in [0.4, 0.5) is 0 Å². The Labute approximate surface area is 130 Å². The molecule has 0 radical (unpaired) electrons. The van der Waals surface area contributed by atoms with Gasteiger partial charge in [-0.3, -0.25) is 4.79 Å². The van der Waals surface area contributed by atoms with Gasteiger partial charge < -0.3 is 14.4 Å². The number of rotatable bonds is 4. The molecule has 1 saturated carbocycles. The van der Waals surface area contributed by atoms with Crippen LogP contribution >= 0.6 is 11.6 Å². The summed E-state index contributed by atoms with van der Waals surface area (Å²) < 4.78 is 11.2. The van der Waals surface area contributed by atoms with Gasteiger partial charge in [-0.1, -0.05) is 18.9 Å². The molecule has 4 nitrogen and oxygen atoms in total. The number of ether oxygens (including phenoxy) is 2. The molecule has 0 atom stereocenters. The number of hydrogen-bond acceptors (Lipinski definition) is 3. The molecule has 1 heterocycles. The first-order chi connectivity index (χ1) is 10.3. The first-order valence-corrected chi connectivity index (χ1v) is 8.10. The number of carbonyl (C=O) groups is 1. The van der Waals surface area contributed by atoms with E-state index in [1.165, 1.54) is 12.8 Å². The van der Waals surface area contributed by atoms with E-state index in [1.807, 2.05) is 23.1 Å². The van der Waals surface area contributed by atoms with Crippen molar-refractivity contribution in [3.8, 4) is 11.5 Å². The fourth-order valence-corrected chi connectivity index (χ4v) is 3.34. The molecule has 0 saturated heterocycles. The van der Waals surface area contributed by atoms with E-state index in [2.05, 4.69) is 0 Å². The highest BCUT2D eigenvalue weighted by Gasteiger charge is 2.30. The van der Waals surface area contributed by atoms with Crippen LogP contribution in [-0.4, -0.2) is 42.5 Å². The van der Waals surface area contributed by atoms with Crippen molar-refractivity contribution < 1.29 is 14.3 Å². The number of amides is 1. The van der Waals surface area contributed by atoms with E-state index < -0.39 is 0 Å². The van der Waals surface area contributed by atoms with E-state index in [1.54, 1.807) is 0 Å². The summed E-state index contributed by atoms with van der Waals surface area (Å²) >= 11 is 5.90. The number of nitrogens with zero attached hydrogens (tertiary/aromatic N) is 1. The van der Waals surface area contributed by atoms with Gasteiger partial charge in [-0.2, -0.15) is 0 Å². The topological polar surface area (TPSA) is 38.8 Å². The highest BCUT2D eigenvalue weighted by Crippen LogP contribution is 2.35. The summed E-state index contributed by atoms with van der Waals surface area (Å²) in [5.41, 5.74) is 0.587. The lowest BCUT2D eigenvalue weighted by Crippen LogP contribution is -2.40. The highest BCUT2D eigenvalue weighted by atomic mass is 35.5. The van der Waals surface area contributed by atoms with E-state index in [-0.39, 0.29) is 5.91 Å². The van der Waals surface area contributed by atoms with Gasteiger partial charge in [-0.25, -0.2) is 0 Å². The Balaban J connectivity index is 1.88. The molecule has 1 aromatic carbocycles. The summed E-state index contributed by atoms with van der Waals surface area (Å²) in [5, 5.41) is 0. The third-order valence-corrected chi connectivity index (χ3v) is 4.32. The number of benzene rings is 1. The van der Waals surface area contributed by atoms with Crippen molar-refractivity contribution in [2.24, 2.45) is 0 Å². The number of carbonyl (C=O) groups excluding carboxylic acids is 1. The third kappa shape index (κ3) is 2.95. The fourth-order valence-electron chi connectivity index (χ4n) is 3.15. The summed E-state index contributed by atoms with van der Waals surface area (Å²) in [6, 6.07) is 5.80. The van der Waals surface area contributed by atoms with Crippen LogP contribution in [0.1, 0.15) is 36.0 Å². The average Bonchev–Trinajstić information content (AvgIpc) is 3.05. The number of hydrogen-bond donors (Lipinski definition) is 0. The zero-order valence-electron chi connectivity index (χ0n) is 12.0. The lowest BCUT2D eigenvalue weighted by molar-refractivity contribution is 0.0685. The molecule has 114 valence electrons. The minimum Gasteiger partial charge on any atom is -0.486 e. The summed E-state index contributed by atoms with van der Waals surface area (Å²) in [6.07, 6.45) is 4.50. The second-order valence-electron chi connectivity index (χ2n) is 5.46. The maximum absolute atomic E-state index is 12.9. The number of halogens is 1. The Morgan fingerprint density at radius 2 is 2.00 bits per heavy atom. The van der Waals surface area contributed by atoms with E-state index in [9.17, 15) is 4.79 Å². The molecular formula is C16H20ClNO3. The molecule has 0 aromatic heterocycles. The van der Waals surface area contributed by atoms with Crippen LogP contribution in [0, 0.1) is 0 Å². The summed E-state index contributed by atoms with van der Waals surface area (Å²) in [7, 11) is 0. The largest absolute Gasteiger partial charge is 0.486 e. The highest BCUT2D eigenvalue weighted by molar-refractivity contribution is 6.18. The monoisotopic (exact) mass is 309 g/mol. The predicted octanol–water partition coefficient (Wildman–Crippen LogP) is 3.08. The quantitative estimate of drug-likeness (QED) is 0.802. The average molecular weight is 310 g/mol. The standard InChI is InChI=1S/C16H20ClNO3/c17-8-9-18(12-4-1-2-5-12)16(19)13-6-3-7-14-15(13)21-11-10-20-14/h3,6-7,12H,1-2,4-5,8-11H2. The Kier molecular flexibility index (Phi) is 4.54. The SMILES string of the molecule is O=C(c1cccc2c1OCCO2)N(CCCl)C1CCCC1. The molecule has 1 aliphatic carbocycles. The van der Waals surface area contributed by atoms with Gasteiger partial charge >= 0.3 is 0 Å². The maximum atomic E-state index is 12.9. The molecule has 1 fully saturated rings. The maximum Gasteiger partial charge on any atom is 0.258 e. The normalized spacial score (nSPS) is 17.8.